The molecule has 0 aliphatic rings. The van der Waals surface area contributed by atoms with E-state index in [2.05, 4.69) is 15.8 Å². The predicted octanol–water partition coefficient (Wildman–Crippen LogP) is 4.20. The number of urea groups is 1. The van der Waals surface area contributed by atoms with Crippen molar-refractivity contribution in [1.29, 1.82) is 0 Å². The first kappa shape index (κ1) is 21.0. The number of nitrogens with one attached hydrogen (secondary N) is 2. The van der Waals surface area contributed by atoms with Crippen molar-refractivity contribution in [3.8, 4) is 11.5 Å². The summed E-state index contributed by atoms with van der Waals surface area (Å²) in [6.45, 7) is 4.03. The van der Waals surface area contributed by atoms with Crippen LogP contribution >= 0.6 is 11.6 Å². The average molecular weight is 407 g/mol. The van der Waals surface area contributed by atoms with Gasteiger partial charge in [0.2, 0.25) is 5.75 Å². The Bertz CT molecular complexity index is 888. The zero-order chi connectivity index (χ0) is 20.5. The molecule has 0 aliphatic carbocycles. The van der Waals surface area contributed by atoms with Crippen LogP contribution in [-0.4, -0.2) is 30.4 Å². The smallest absolute Gasteiger partial charge is 0.339 e. The fourth-order valence-corrected chi connectivity index (χ4v) is 2.45. The maximum Gasteiger partial charge on any atom is 0.339 e. The van der Waals surface area contributed by atoms with Gasteiger partial charge in [-0.1, -0.05) is 17.7 Å². The standard InChI is InChI=1S/C18H19ClN4O5/c1-3-27-16-9-12(8-15(23(25)26)17(16)28-4-2)11-20-22-18(24)21-14-7-5-6-13(19)10-14/h5-11H,3-4H2,1-2H3,(H2,21,22,24)/b20-11-. The third-order valence-electron chi connectivity index (χ3n) is 3.30. The van der Waals surface area contributed by atoms with Crippen molar-refractivity contribution in [1.82, 2.24) is 5.43 Å². The summed E-state index contributed by atoms with van der Waals surface area (Å²) >= 11 is 5.85. The van der Waals surface area contributed by atoms with Gasteiger partial charge in [-0.2, -0.15) is 5.10 Å². The molecular weight excluding hydrogens is 388 g/mol. The summed E-state index contributed by atoms with van der Waals surface area (Å²) in [4.78, 5) is 22.7. The third kappa shape index (κ3) is 5.85. The van der Waals surface area contributed by atoms with Crippen LogP contribution in [0, 0.1) is 10.1 Å². The minimum Gasteiger partial charge on any atom is -0.490 e. The van der Waals surface area contributed by atoms with Gasteiger partial charge in [-0.3, -0.25) is 10.1 Å². The number of halogens is 1. The fraction of sp³-hybridized carbons (Fsp3) is 0.222. The summed E-state index contributed by atoms with van der Waals surface area (Å²) in [5, 5.41) is 18.2. The molecule has 0 saturated heterocycles. The lowest BCUT2D eigenvalue weighted by Crippen LogP contribution is -2.24. The number of hydrogen-bond acceptors (Lipinski definition) is 6. The van der Waals surface area contributed by atoms with Gasteiger partial charge in [-0.25, -0.2) is 10.2 Å². The van der Waals surface area contributed by atoms with Gasteiger partial charge in [0.1, 0.15) is 0 Å². The molecule has 2 amide bonds. The summed E-state index contributed by atoms with van der Waals surface area (Å²) in [5.74, 6) is 0.279. The lowest BCUT2D eigenvalue weighted by molar-refractivity contribution is -0.385. The molecule has 148 valence electrons. The number of carbonyl (C=O) groups excluding carboxylic acids is 1. The van der Waals surface area contributed by atoms with Crippen molar-refractivity contribution < 1.29 is 19.2 Å². The fourth-order valence-electron chi connectivity index (χ4n) is 2.26. The zero-order valence-corrected chi connectivity index (χ0v) is 16.0. The SMILES string of the molecule is CCOc1cc(/C=N\NC(=O)Nc2cccc(Cl)c2)cc([N+](=O)[O-])c1OCC. The van der Waals surface area contributed by atoms with Gasteiger partial charge in [0.15, 0.2) is 5.75 Å². The number of amides is 2. The molecule has 2 N–H and O–H groups in total. The predicted molar refractivity (Wildman–Crippen MR) is 107 cm³/mol. The molecule has 0 aliphatic heterocycles. The zero-order valence-electron chi connectivity index (χ0n) is 15.3. The van der Waals surface area contributed by atoms with Crippen molar-refractivity contribution in [2.45, 2.75) is 13.8 Å². The number of hydrazone groups is 1. The van der Waals surface area contributed by atoms with E-state index in [0.717, 1.165) is 0 Å². The molecular formula is C18H19ClN4O5. The van der Waals surface area contributed by atoms with E-state index in [-0.39, 0.29) is 23.8 Å². The van der Waals surface area contributed by atoms with Crippen LogP contribution in [0.25, 0.3) is 0 Å². The summed E-state index contributed by atoms with van der Waals surface area (Å²) in [7, 11) is 0. The van der Waals surface area contributed by atoms with Crippen molar-refractivity contribution >= 4 is 35.2 Å². The Balaban J connectivity index is 2.15. The normalized spacial score (nSPS) is 10.5. The molecule has 2 rings (SSSR count). The lowest BCUT2D eigenvalue weighted by Gasteiger charge is -2.11. The number of nitro benzene ring substituents is 1. The number of anilines is 1. The number of nitro groups is 1. The van der Waals surface area contributed by atoms with E-state index in [1.54, 1.807) is 44.2 Å². The maximum absolute atomic E-state index is 11.9. The largest absolute Gasteiger partial charge is 0.490 e. The van der Waals surface area contributed by atoms with Gasteiger partial charge < -0.3 is 14.8 Å². The molecule has 2 aromatic carbocycles. The second-order valence-corrected chi connectivity index (χ2v) is 5.76. The Morgan fingerprint density at radius 3 is 2.64 bits per heavy atom. The lowest BCUT2D eigenvalue weighted by atomic mass is 10.2. The van der Waals surface area contributed by atoms with Gasteiger partial charge in [0.05, 0.1) is 24.4 Å². The second kappa shape index (κ2) is 10.1. The van der Waals surface area contributed by atoms with E-state index in [9.17, 15) is 14.9 Å². The molecule has 2 aromatic rings. The number of benzene rings is 2. The average Bonchev–Trinajstić information content (AvgIpc) is 2.63. The molecule has 0 fully saturated rings. The van der Waals surface area contributed by atoms with Gasteiger partial charge in [0, 0.05) is 22.3 Å². The van der Waals surface area contributed by atoms with Crippen molar-refractivity contribution in [2.24, 2.45) is 5.10 Å². The van der Waals surface area contributed by atoms with Crippen LogP contribution in [0.1, 0.15) is 19.4 Å². The van der Waals surface area contributed by atoms with Crippen LogP contribution in [0.3, 0.4) is 0 Å². The highest BCUT2D eigenvalue weighted by Crippen LogP contribution is 2.38. The van der Waals surface area contributed by atoms with Gasteiger partial charge in [-0.15, -0.1) is 0 Å². The van der Waals surface area contributed by atoms with Crippen molar-refractivity contribution in [2.75, 3.05) is 18.5 Å². The van der Waals surface area contributed by atoms with E-state index in [0.29, 0.717) is 22.9 Å². The van der Waals surface area contributed by atoms with E-state index in [4.69, 9.17) is 21.1 Å². The van der Waals surface area contributed by atoms with Crippen molar-refractivity contribution in [3.63, 3.8) is 0 Å². The highest BCUT2D eigenvalue weighted by Gasteiger charge is 2.22. The van der Waals surface area contributed by atoms with E-state index in [1.807, 2.05) is 0 Å². The first-order valence-electron chi connectivity index (χ1n) is 8.38. The summed E-state index contributed by atoms with van der Waals surface area (Å²) in [6, 6.07) is 8.85. The Morgan fingerprint density at radius 2 is 2.00 bits per heavy atom. The molecule has 9 nitrogen and oxygen atoms in total. The molecule has 0 heterocycles. The molecule has 10 heteroatoms. The molecule has 0 bridgehead atoms. The molecule has 0 aromatic heterocycles. The highest BCUT2D eigenvalue weighted by molar-refractivity contribution is 6.30. The van der Waals surface area contributed by atoms with Gasteiger partial charge in [0.25, 0.3) is 0 Å². The monoisotopic (exact) mass is 406 g/mol. The van der Waals surface area contributed by atoms with Crippen molar-refractivity contribution in [3.05, 3.63) is 57.1 Å². The molecule has 28 heavy (non-hydrogen) atoms. The number of rotatable bonds is 8. The minimum absolute atomic E-state index is 0.0539. The minimum atomic E-state index is -0.594. The van der Waals surface area contributed by atoms with Gasteiger partial charge in [-0.05, 0) is 38.1 Å². The number of nitrogens with zero attached hydrogens (tertiary/aromatic N) is 2. The van der Waals surface area contributed by atoms with Crippen LogP contribution in [0.4, 0.5) is 16.2 Å². The van der Waals surface area contributed by atoms with E-state index in [1.165, 1.54) is 12.3 Å². The molecule has 0 radical (unpaired) electrons. The summed E-state index contributed by atoms with van der Waals surface area (Å²) in [6.07, 6.45) is 1.27. The third-order valence-corrected chi connectivity index (χ3v) is 3.54. The summed E-state index contributed by atoms with van der Waals surface area (Å²) < 4.78 is 10.8. The van der Waals surface area contributed by atoms with E-state index < -0.39 is 11.0 Å². The molecule has 0 spiro atoms. The molecule has 0 atom stereocenters. The van der Waals surface area contributed by atoms with Crippen LogP contribution in [0.15, 0.2) is 41.5 Å². The first-order valence-corrected chi connectivity index (χ1v) is 8.76. The van der Waals surface area contributed by atoms with Gasteiger partial charge >= 0.3 is 11.7 Å². The Hall–Kier alpha value is -3.33. The Morgan fingerprint density at radius 1 is 1.25 bits per heavy atom. The van der Waals surface area contributed by atoms with Crippen LogP contribution < -0.4 is 20.2 Å². The number of ether oxygens (including phenoxy) is 2. The maximum atomic E-state index is 11.9. The Kier molecular flexibility index (Phi) is 7.58. The number of carbonyl (C=O) groups is 1. The Labute approximate surface area is 166 Å². The molecule has 0 unspecified atom stereocenters. The highest BCUT2D eigenvalue weighted by atomic mass is 35.5. The van der Waals surface area contributed by atoms with E-state index >= 15 is 0 Å². The van der Waals surface area contributed by atoms with Crippen LogP contribution in [0.2, 0.25) is 5.02 Å². The second-order valence-electron chi connectivity index (χ2n) is 5.32. The summed E-state index contributed by atoms with van der Waals surface area (Å²) in [5.41, 5.74) is 2.88. The number of hydrogen-bond donors (Lipinski definition) is 2. The van der Waals surface area contributed by atoms with Crippen LogP contribution in [-0.2, 0) is 0 Å². The first-order chi connectivity index (χ1) is 13.4. The quantitative estimate of drug-likeness (QED) is 0.387. The molecule has 0 saturated carbocycles. The topological polar surface area (TPSA) is 115 Å². The van der Waals surface area contributed by atoms with Crippen LogP contribution in [0.5, 0.6) is 11.5 Å².